The number of carbonyl (C=O) groups is 2. The molecule has 0 fully saturated rings. The zero-order valence-electron chi connectivity index (χ0n) is 14.6. The Morgan fingerprint density at radius 1 is 1.05 bits per heavy atom. The van der Waals surface area contributed by atoms with Gasteiger partial charge in [0.25, 0.3) is 0 Å². The first-order chi connectivity index (χ1) is 10.2. The molecule has 0 amide bonds. The first kappa shape index (κ1) is 20.4. The molecule has 0 aromatic rings. The molecule has 5 heteroatoms. The number of nitriles is 1. The molecule has 0 aliphatic heterocycles. The van der Waals surface area contributed by atoms with E-state index in [1.54, 1.807) is 27.7 Å². The van der Waals surface area contributed by atoms with Crippen molar-refractivity contribution in [2.24, 2.45) is 23.2 Å². The molecule has 0 saturated carbocycles. The van der Waals surface area contributed by atoms with Gasteiger partial charge in [-0.25, -0.2) is 0 Å². The number of rotatable bonds is 9. The van der Waals surface area contributed by atoms with Crippen LogP contribution in [0.1, 0.15) is 54.4 Å². The van der Waals surface area contributed by atoms with Gasteiger partial charge in [-0.2, -0.15) is 5.26 Å². The van der Waals surface area contributed by atoms with Crippen LogP contribution in [0.4, 0.5) is 0 Å². The molecule has 0 N–H and O–H groups in total. The number of nitrogens with zero attached hydrogens (tertiary/aromatic N) is 1. The van der Waals surface area contributed by atoms with E-state index in [1.807, 2.05) is 13.8 Å². The third kappa shape index (κ3) is 6.93. The molecule has 22 heavy (non-hydrogen) atoms. The Kier molecular flexibility index (Phi) is 8.77. The third-order valence-electron chi connectivity index (χ3n) is 3.42. The molecule has 0 aromatic heterocycles. The topological polar surface area (TPSA) is 76.4 Å². The average molecular weight is 311 g/mol. The molecule has 0 aliphatic carbocycles. The molecule has 2 unspecified atom stereocenters. The Morgan fingerprint density at radius 3 is 1.86 bits per heavy atom. The van der Waals surface area contributed by atoms with Crippen LogP contribution in [0.15, 0.2) is 0 Å². The molecule has 0 aromatic carbocycles. The molecule has 0 radical (unpaired) electrons. The van der Waals surface area contributed by atoms with Gasteiger partial charge in [0.2, 0.25) is 0 Å². The van der Waals surface area contributed by atoms with E-state index in [4.69, 9.17) is 9.47 Å². The standard InChI is InChI=1S/C17H29NO4/c1-7-21-15(19)13(9-12(3)4)14(16(20)22-8-2)10-17(5,6)11-18/h12-14H,7-10H2,1-6H3. The lowest BCUT2D eigenvalue weighted by molar-refractivity contribution is -0.162. The van der Waals surface area contributed by atoms with Crippen molar-refractivity contribution in [2.75, 3.05) is 13.2 Å². The summed E-state index contributed by atoms with van der Waals surface area (Å²) < 4.78 is 10.3. The van der Waals surface area contributed by atoms with Crippen molar-refractivity contribution in [2.45, 2.75) is 54.4 Å². The molecule has 0 heterocycles. The fraction of sp³-hybridized carbons (Fsp3) is 0.824. The molecule has 2 atom stereocenters. The molecule has 5 nitrogen and oxygen atoms in total. The van der Waals surface area contributed by atoms with Crippen molar-refractivity contribution in [1.29, 1.82) is 5.26 Å². The zero-order chi connectivity index (χ0) is 17.3. The van der Waals surface area contributed by atoms with Crippen molar-refractivity contribution < 1.29 is 19.1 Å². The summed E-state index contributed by atoms with van der Waals surface area (Å²) in [6.07, 6.45) is 0.808. The van der Waals surface area contributed by atoms with Gasteiger partial charge >= 0.3 is 11.9 Å². The number of carbonyl (C=O) groups excluding carboxylic acids is 2. The highest BCUT2D eigenvalue weighted by molar-refractivity contribution is 5.82. The largest absolute Gasteiger partial charge is 0.466 e. The minimum atomic E-state index is -0.709. The smallest absolute Gasteiger partial charge is 0.309 e. The predicted molar refractivity (Wildman–Crippen MR) is 83.7 cm³/mol. The van der Waals surface area contributed by atoms with Crippen molar-refractivity contribution in [3.05, 3.63) is 0 Å². The molecular formula is C17H29NO4. The second-order valence-electron chi connectivity index (χ2n) is 6.55. The quantitative estimate of drug-likeness (QED) is 0.610. The van der Waals surface area contributed by atoms with Gasteiger partial charge in [0.15, 0.2) is 0 Å². The van der Waals surface area contributed by atoms with Crippen LogP contribution in [0, 0.1) is 34.5 Å². The van der Waals surface area contributed by atoms with Crippen molar-refractivity contribution in [1.82, 2.24) is 0 Å². The molecule has 0 bridgehead atoms. The van der Waals surface area contributed by atoms with Gasteiger partial charge in [0, 0.05) is 0 Å². The van der Waals surface area contributed by atoms with Crippen LogP contribution in [0.3, 0.4) is 0 Å². The Hall–Kier alpha value is -1.57. The molecule has 126 valence electrons. The van der Waals surface area contributed by atoms with Crippen molar-refractivity contribution in [3.8, 4) is 6.07 Å². The van der Waals surface area contributed by atoms with Gasteiger partial charge in [0.05, 0.1) is 36.5 Å². The van der Waals surface area contributed by atoms with Gasteiger partial charge in [0.1, 0.15) is 0 Å². The molecule has 0 spiro atoms. The summed E-state index contributed by atoms with van der Waals surface area (Å²) >= 11 is 0. The first-order valence-corrected chi connectivity index (χ1v) is 7.93. The number of esters is 2. The first-order valence-electron chi connectivity index (χ1n) is 7.93. The van der Waals surface area contributed by atoms with Gasteiger partial charge in [-0.05, 0) is 46.5 Å². The maximum absolute atomic E-state index is 12.3. The molecule has 0 aliphatic rings. The Bertz CT molecular complexity index is 409. The van der Waals surface area contributed by atoms with E-state index in [1.165, 1.54) is 0 Å². The molecule has 0 rings (SSSR count). The lowest BCUT2D eigenvalue weighted by Crippen LogP contribution is -2.36. The third-order valence-corrected chi connectivity index (χ3v) is 3.42. The Morgan fingerprint density at radius 2 is 1.50 bits per heavy atom. The average Bonchev–Trinajstić information content (AvgIpc) is 2.42. The second-order valence-corrected chi connectivity index (χ2v) is 6.55. The molecular weight excluding hydrogens is 282 g/mol. The van der Waals surface area contributed by atoms with Crippen LogP contribution in [0.2, 0.25) is 0 Å². The van der Waals surface area contributed by atoms with E-state index >= 15 is 0 Å². The van der Waals surface area contributed by atoms with Crippen LogP contribution in [0.25, 0.3) is 0 Å². The maximum Gasteiger partial charge on any atom is 0.309 e. The lowest BCUT2D eigenvalue weighted by atomic mass is 9.75. The summed E-state index contributed by atoms with van der Waals surface area (Å²) in [5.41, 5.74) is -0.709. The summed E-state index contributed by atoms with van der Waals surface area (Å²) in [6.45, 7) is 11.5. The van der Waals surface area contributed by atoms with Gasteiger partial charge < -0.3 is 9.47 Å². The predicted octanol–water partition coefficient (Wildman–Crippen LogP) is 3.33. The highest BCUT2D eigenvalue weighted by Gasteiger charge is 2.39. The summed E-state index contributed by atoms with van der Waals surface area (Å²) in [5.74, 6) is -1.81. The maximum atomic E-state index is 12.3. The zero-order valence-corrected chi connectivity index (χ0v) is 14.6. The fourth-order valence-electron chi connectivity index (χ4n) is 2.42. The summed E-state index contributed by atoms with van der Waals surface area (Å²) in [4.78, 5) is 24.6. The van der Waals surface area contributed by atoms with Crippen LogP contribution < -0.4 is 0 Å². The minimum Gasteiger partial charge on any atom is -0.466 e. The van der Waals surface area contributed by atoms with Gasteiger partial charge in [-0.1, -0.05) is 13.8 Å². The van der Waals surface area contributed by atoms with E-state index < -0.39 is 23.2 Å². The van der Waals surface area contributed by atoms with Gasteiger partial charge in [-0.15, -0.1) is 0 Å². The van der Waals surface area contributed by atoms with Crippen LogP contribution in [-0.4, -0.2) is 25.2 Å². The highest BCUT2D eigenvalue weighted by Crippen LogP contribution is 2.33. The van der Waals surface area contributed by atoms with Crippen LogP contribution in [0.5, 0.6) is 0 Å². The van der Waals surface area contributed by atoms with E-state index in [-0.39, 0.29) is 31.5 Å². The van der Waals surface area contributed by atoms with E-state index in [2.05, 4.69) is 6.07 Å². The normalized spacial score (nSPS) is 14.1. The monoisotopic (exact) mass is 311 g/mol. The molecule has 0 saturated heterocycles. The van der Waals surface area contributed by atoms with E-state index in [0.717, 1.165) is 0 Å². The van der Waals surface area contributed by atoms with Crippen LogP contribution in [-0.2, 0) is 19.1 Å². The van der Waals surface area contributed by atoms with E-state index in [9.17, 15) is 14.9 Å². The Labute approximate surface area is 134 Å². The fourth-order valence-corrected chi connectivity index (χ4v) is 2.42. The SMILES string of the molecule is CCOC(=O)C(CC(C)C)C(CC(C)(C)C#N)C(=O)OCC. The lowest BCUT2D eigenvalue weighted by Gasteiger charge is -2.29. The van der Waals surface area contributed by atoms with Gasteiger partial charge in [-0.3, -0.25) is 9.59 Å². The minimum absolute atomic E-state index is 0.233. The second kappa shape index (κ2) is 9.45. The highest BCUT2D eigenvalue weighted by atomic mass is 16.5. The van der Waals surface area contributed by atoms with Crippen LogP contribution >= 0.6 is 0 Å². The summed E-state index contributed by atoms with van der Waals surface area (Å²) in [6, 6.07) is 2.19. The Balaban J connectivity index is 5.47. The summed E-state index contributed by atoms with van der Waals surface area (Å²) in [7, 11) is 0. The number of hydrogen-bond acceptors (Lipinski definition) is 5. The van der Waals surface area contributed by atoms with Crippen molar-refractivity contribution >= 4 is 11.9 Å². The number of ether oxygens (including phenoxy) is 2. The number of hydrogen-bond donors (Lipinski definition) is 0. The summed E-state index contributed by atoms with van der Waals surface area (Å²) in [5, 5.41) is 9.24. The van der Waals surface area contributed by atoms with Crippen molar-refractivity contribution in [3.63, 3.8) is 0 Å². The van der Waals surface area contributed by atoms with E-state index in [0.29, 0.717) is 6.42 Å².